The minimum atomic E-state index is -0.713. The van der Waals surface area contributed by atoms with Crippen molar-refractivity contribution in [3.8, 4) is 5.75 Å². The molecule has 21 heavy (non-hydrogen) atoms. The monoisotopic (exact) mass is 291 g/mol. The Kier molecular flexibility index (Phi) is 5.20. The summed E-state index contributed by atoms with van der Waals surface area (Å²) in [7, 11) is 0. The standard InChI is InChI=1S/C16H25N3O2/c1-3-8-18-16(2,15(17)20)12-19-9-10-21-14-7-5-4-6-13(14)11-19/h4-7,18H,3,8-12H2,1-2H3,(H2,17,20). The minimum absolute atomic E-state index is 0.311. The molecule has 1 aliphatic rings. The van der Waals surface area contributed by atoms with Crippen LogP contribution in [0.3, 0.4) is 0 Å². The van der Waals surface area contributed by atoms with Gasteiger partial charge in [0.1, 0.15) is 17.9 Å². The first-order valence-corrected chi connectivity index (χ1v) is 7.53. The van der Waals surface area contributed by atoms with Crippen LogP contribution in [0.4, 0.5) is 0 Å². The first-order chi connectivity index (χ1) is 10.0. The second kappa shape index (κ2) is 6.91. The highest BCUT2D eigenvalue weighted by atomic mass is 16.5. The van der Waals surface area contributed by atoms with Gasteiger partial charge in [0, 0.05) is 25.2 Å². The predicted molar refractivity (Wildman–Crippen MR) is 83.1 cm³/mol. The van der Waals surface area contributed by atoms with Crippen LogP contribution >= 0.6 is 0 Å². The molecule has 3 N–H and O–H groups in total. The number of para-hydroxylation sites is 1. The molecule has 0 fully saturated rings. The van der Waals surface area contributed by atoms with Crippen LogP contribution < -0.4 is 15.8 Å². The lowest BCUT2D eigenvalue weighted by Crippen LogP contribution is -2.59. The number of primary amides is 1. The molecule has 1 unspecified atom stereocenters. The zero-order valence-electron chi connectivity index (χ0n) is 12.9. The lowest BCUT2D eigenvalue weighted by molar-refractivity contribution is -0.124. The number of fused-ring (bicyclic) bond motifs is 1. The van der Waals surface area contributed by atoms with E-state index in [9.17, 15) is 4.79 Å². The Morgan fingerprint density at radius 1 is 1.48 bits per heavy atom. The average Bonchev–Trinajstić information content (AvgIpc) is 2.66. The number of nitrogens with zero attached hydrogens (tertiary/aromatic N) is 1. The van der Waals surface area contributed by atoms with Gasteiger partial charge in [-0.1, -0.05) is 25.1 Å². The third kappa shape index (κ3) is 3.95. The number of benzene rings is 1. The summed E-state index contributed by atoms with van der Waals surface area (Å²) in [6.07, 6.45) is 0.967. The topological polar surface area (TPSA) is 67.6 Å². The Labute approximate surface area is 126 Å². The maximum Gasteiger partial charge on any atom is 0.238 e. The molecule has 5 nitrogen and oxygen atoms in total. The number of nitrogens with two attached hydrogens (primary N) is 1. The molecule has 0 saturated carbocycles. The Bertz CT molecular complexity index is 492. The fourth-order valence-electron chi connectivity index (χ4n) is 2.58. The normalized spacial score (nSPS) is 18.2. The van der Waals surface area contributed by atoms with E-state index in [4.69, 9.17) is 10.5 Å². The summed E-state index contributed by atoms with van der Waals surface area (Å²) in [5.74, 6) is 0.622. The van der Waals surface area contributed by atoms with Crippen molar-refractivity contribution < 1.29 is 9.53 Å². The third-order valence-corrected chi connectivity index (χ3v) is 3.88. The summed E-state index contributed by atoms with van der Waals surface area (Å²) >= 11 is 0. The van der Waals surface area contributed by atoms with Crippen LogP contribution in [0.2, 0.25) is 0 Å². The van der Waals surface area contributed by atoms with Crippen molar-refractivity contribution in [3.63, 3.8) is 0 Å². The molecule has 0 bridgehead atoms. The van der Waals surface area contributed by atoms with Gasteiger partial charge in [-0.2, -0.15) is 0 Å². The number of carbonyl (C=O) groups excluding carboxylic acids is 1. The van der Waals surface area contributed by atoms with Crippen LogP contribution in [0.15, 0.2) is 24.3 Å². The quantitative estimate of drug-likeness (QED) is 0.824. The van der Waals surface area contributed by atoms with E-state index in [1.807, 2.05) is 25.1 Å². The SMILES string of the molecule is CCCNC(C)(CN1CCOc2ccccc2C1)C(N)=O. The van der Waals surface area contributed by atoms with Crippen molar-refractivity contribution in [2.75, 3.05) is 26.2 Å². The molecule has 0 radical (unpaired) electrons. The van der Waals surface area contributed by atoms with E-state index in [0.29, 0.717) is 13.2 Å². The Morgan fingerprint density at radius 2 is 2.24 bits per heavy atom. The third-order valence-electron chi connectivity index (χ3n) is 3.88. The van der Waals surface area contributed by atoms with Gasteiger partial charge in [-0.05, 0) is 26.0 Å². The number of nitrogens with one attached hydrogen (secondary N) is 1. The Hall–Kier alpha value is -1.59. The molecule has 116 valence electrons. The smallest absolute Gasteiger partial charge is 0.238 e. The van der Waals surface area contributed by atoms with E-state index in [-0.39, 0.29) is 5.91 Å². The molecule has 1 aromatic carbocycles. The van der Waals surface area contributed by atoms with E-state index in [0.717, 1.165) is 37.4 Å². The van der Waals surface area contributed by atoms with E-state index < -0.39 is 5.54 Å². The summed E-state index contributed by atoms with van der Waals surface area (Å²) in [6, 6.07) is 8.04. The Morgan fingerprint density at radius 3 is 2.95 bits per heavy atom. The van der Waals surface area contributed by atoms with Crippen LogP contribution in [0, 0.1) is 0 Å². The predicted octanol–water partition coefficient (Wildman–Crippen LogP) is 1.12. The molecule has 1 heterocycles. The van der Waals surface area contributed by atoms with Crippen LogP contribution in [-0.2, 0) is 11.3 Å². The largest absolute Gasteiger partial charge is 0.492 e. The molecule has 1 aliphatic heterocycles. The van der Waals surface area contributed by atoms with Crippen molar-refractivity contribution in [1.82, 2.24) is 10.2 Å². The lowest BCUT2D eigenvalue weighted by Gasteiger charge is -2.33. The number of ether oxygens (including phenoxy) is 1. The molecule has 2 rings (SSSR count). The van der Waals surface area contributed by atoms with Crippen LogP contribution in [-0.4, -0.2) is 42.6 Å². The molecule has 1 aromatic rings. The summed E-state index contributed by atoms with van der Waals surface area (Å²) < 4.78 is 5.76. The Balaban J connectivity index is 2.09. The molecule has 0 aliphatic carbocycles. The average molecular weight is 291 g/mol. The molecule has 0 aromatic heterocycles. The van der Waals surface area contributed by atoms with Gasteiger partial charge in [-0.15, -0.1) is 0 Å². The number of hydrogen-bond donors (Lipinski definition) is 2. The molecule has 1 amide bonds. The van der Waals surface area contributed by atoms with Gasteiger partial charge < -0.3 is 15.8 Å². The van der Waals surface area contributed by atoms with E-state index >= 15 is 0 Å². The lowest BCUT2D eigenvalue weighted by atomic mass is 10.00. The summed E-state index contributed by atoms with van der Waals surface area (Å²) in [5, 5.41) is 3.28. The fraction of sp³-hybridized carbons (Fsp3) is 0.562. The number of carbonyl (C=O) groups is 1. The second-order valence-corrected chi connectivity index (χ2v) is 5.79. The molecule has 5 heteroatoms. The summed E-state index contributed by atoms with van der Waals surface area (Å²) in [6.45, 7) is 7.49. The van der Waals surface area contributed by atoms with Gasteiger partial charge >= 0.3 is 0 Å². The maximum atomic E-state index is 11.8. The van der Waals surface area contributed by atoms with Crippen LogP contribution in [0.5, 0.6) is 5.75 Å². The van der Waals surface area contributed by atoms with E-state index in [2.05, 4.69) is 23.2 Å². The van der Waals surface area contributed by atoms with Gasteiger partial charge in [-0.3, -0.25) is 9.69 Å². The zero-order chi connectivity index (χ0) is 15.3. The first kappa shape index (κ1) is 15.8. The minimum Gasteiger partial charge on any atom is -0.492 e. The van der Waals surface area contributed by atoms with Gasteiger partial charge in [0.2, 0.25) is 5.91 Å². The second-order valence-electron chi connectivity index (χ2n) is 5.79. The van der Waals surface area contributed by atoms with Gasteiger partial charge in [-0.25, -0.2) is 0 Å². The zero-order valence-corrected chi connectivity index (χ0v) is 12.9. The van der Waals surface area contributed by atoms with Gasteiger partial charge in [0.05, 0.1) is 0 Å². The van der Waals surface area contributed by atoms with E-state index in [1.165, 1.54) is 0 Å². The number of hydrogen-bond acceptors (Lipinski definition) is 4. The van der Waals surface area contributed by atoms with Crippen molar-refractivity contribution in [3.05, 3.63) is 29.8 Å². The van der Waals surface area contributed by atoms with Crippen molar-refractivity contribution in [2.45, 2.75) is 32.4 Å². The molecular formula is C16H25N3O2. The maximum absolute atomic E-state index is 11.8. The molecule has 0 saturated heterocycles. The fourth-order valence-corrected chi connectivity index (χ4v) is 2.58. The highest BCUT2D eigenvalue weighted by molar-refractivity contribution is 5.84. The van der Waals surface area contributed by atoms with Crippen molar-refractivity contribution in [1.29, 1.82) is 0 Å². The molecular weight excluding hydrogens is 266 g/mol. The first-order valence-electron chi connectivity index (χ1n) is 7.53. The van der Waals surface area contributed by atoms with Crippen LogP contribution in [0.1, 0.15) is 25.8 Å². The van der Waals surface area contributed by atoms with Crippen molar-refractivity contribution >= 4 is 5.91 Å². The van der Waals surface area contributed by atoms with Crippen molar-refractivity contribution in [2.24, 2.45) is 5.73 Å². The highest BCUT2D eigenvalue weighted by Gasteiger charge is 2.33. The number of rotatable bonds is 6. The highest BCUT2D eigenvalue weighted by Crippen LogP contribution is 2.23. The van der Waals surface area contributed by atoms with Gasteiger partial charge in [0.15, 0.2) is 0 Å². The molecule has 1 atom stereocenters. The van der Waals surface area contributed by atoms with Crippen LogP contribution in [0.25, 0.3) is 0 Å². The number of amides is 1. The summed E-state index contributed by atoms with van der Waals surface area (Å²) in [5.41, 5.74) is 6.04. The van der Waals surface area contributed by atoms with E-state index in [1.54, 1.807) is 0 Å². The van der Waals surface area contributed by atoms with Gasteiger partial charge in [0.25, 0.3) is 0 Å². The molecule has 0 spiro atoms. The summed E-state index contributed by atoms with van der Waals surface area (Å²) in [4.78, 5) is 14.1.